The van der Waals surface area contributed by atoms with Crippen molar-refractivity contribution in [2.24, 2.45) is 5.73 Å². The van der Waals surface area contributed by atoms with Crippen LogP contribution in [0.1, 0.15) is 17.9 Å². The predicted octanol–water partition coefficient (Wildman–Crippen LogP) is 1.18. The van der Waals surface area contributed by atoms with Crippen molar-refractivity contribution in [1.29, 1.82) is 0 Å². The lowest BCUT2D eigenvalue weighted by Crippen LogP contribution is -2.23. The minimum Gasteiger partial charge on any atom is -0.386 e. The lowest BCUT2D eigenvalue weighted by atomic mass is 10.2. The van der Waals surface area contributed by atoms with Crippen LogP contribution in [-0.2, 0) is 0 Å². The fourth-order valence-corrected chi connectivity index (χ4v) is 1.73. The number of rotatable bonds is 2. The van der Waals surface area contributed by atoms with Gasteiger partial charge in [-0.25, -0.2) is 0 Å². The van der Waals surface area contributed by atoms with E-state index in [0.717, 1.165) is 0 Å². The largest absolute Gasteiger partial charge is 0.386 e. The van der Waals surface area contributed by atoms with E-state index in [-0.39, 0.29) is 6.04 Å². The van der Waals surface area contributed by atoms with E-state index >= 15 is 0 Å². The maximum atomic E-state index is 9.43. The summed E-state index contributed by atoms with van der Waals surface area (Å²) in [6.45, 7) is 1.72. The van der Waals surface area contributed by atoms with Gasteiger partial charge in [-0.05, 0) is 18.5 Å². The van der Waals surface area contributed by atoms with Crippen LogP contribution in [0.5, 0.6) is 0 Å². The van der Waals surface area contributed by atoms with Gasteiger partial charge in [0.1, 0.15) is 6.10 Å². The Morgan fingerprint density at radius 2 is 2.45 bits per heavy atom. The first-order valence-corrected chi connectivity index (χ1v) is 4.31. The van der Waals surface area contributed by atoms with Crippen molar-refractivity contribution >= 4 is 23.1 Å². The number of nitrogens with two attached hydrogens (primary N) is 1. The molecule has 1 aromatic heterocycles. The highest BCUT2D eigenvalue weighted by molar-refractivity contribution is 7.06. The summed E-state index contributed by atoms with van der Waals surface area (Å²) in [5.41, 5.74) is 5.47. The summed E-state index contributed by atoms with van der Waals surface area (Å²) in [5.74, 6) is 0. The predicted molar refractivity (Wildman–Crippen MR) is 45.7 cm³/mol. The second-order valence-electron chi connectivity index (χ2n) is 2.34. The van der Waals surface area contributed by atoms with Gasteiger partial charge in [0.05, 0.1) is 16.1 Å². The first kappa shape index (κ1) is 8.93. The second-order valence-corrected chi connectivity index (χ2v) is 3.58. The van der Waals surface area contributed by atoms with Gasteiger partial charge >= 0.3 is 0 Å². The summed E-state index contributed by atoms with van der Waals surface area (Å²) in [7, 11) is 0. The minimum absolute atomic E-state index is 0.312. The average molecular weight is 193 g/mol. The fourth-order valence-electron chi connectivity index (χ4n) is 0.671. The number of halogens is 1. The molecule has 0 aliphatic carbocycles. The van der Waals surface area contributed by atoms with Crippen molar-refractivity contribution < 1.29 is 5.11 Å². The summed E-state index contributed by atoms with van der Waals surface area (Å²) < 4.78 is 3.82. The molecule has 3 N–H and O–H groups in total. The first-order chi connectivity index (χ1) is 5.13. The Kier molecular flexibility index (Phi) is 2.84. The van der Waals surface area contributed by atoms with Crippen LogP contribution in [0.3, 0.4) is 0 Å². The zero-order valence-corrected chi connectivity index (χ0v) is 7.56. The monoisotopic (exact) mass is 192 g/mol. The van der Waals surface area contributed by atoms with Crippen LogP contribution in [0.25, 0.3) is 0 Å². The lowest BCUT2D eigenvalue weighted by molar-refractivity contribution is 0.157. The molecule has 2 atom stereocenters. The van der Waals surface area contributed by atoms with Gasteiger partial charge in [-0.15, -0.1) is 0 Å². The Balaban J connectivity index is 2.84. The van der Waals surface area contributed by atoms with Crippen LogP contribution in [0.2, 0.25) is 5.02 Å². The van der Waals surface area contributed by atoms with Crippen molar-refractivity contribution in [3.63, 3.8) is 0 Å². The number of nitrogens with zero attached hydrogens (tertiary/aromatic N) is 1. The normalized spacial score (nSPS) is 16.4. The van der Waals surface area contributed by atoms with Gasteiger partial charge < -0.3 is 10.8 Å². The van der Waals surface area contributed by atoms with Crippen LogP contribution in [0.4, 0.5) is 0 Å². The summed E-state index contributed by atoms with van der Waals surface area (Å²) >= 11 is 6.89. The van der Waals surface area contributed by atoms with Gasteiger partial charge in [0, 0.05) is 6.04 Å². The van der Waals surface area contributed by atoms with E-state index in [4.69, 9.17) is 17.3 Å². The molecule has 62 valence electrons. The molecule has 0 amide bonds. The second kappa shape index (κ2) is 3.49. The van der Waals surface area contributed by atoms with Crippen LogP contribution in [-0.4, -0.2) is 15.5 Å². The summed E-state index contributed by atoms with van der Waals surface area (Å²) in [6.07, 6.45) is 0.808. The number of aromatic nitrogens is 1. The van der Waals surface area contributed by atoms with Gasteiger partial charge in [0.25, 0.3) is 0 Å². The van der Waals surface area contributed by atoms with E-state index in [0.29, 0.717) is 9.90 Å². The SMILES string of the molecule is CC(N)C(O)c1sncc1Cl. The standard InChI is InChI=1S/C6H9ClN2OS/c1-3(8)5(10)6-4(7)2-9-11-6/h2-3,5,10H,8H2,1H3. The van der Waals surface area contributed by atoms with Gasteiger partial charge in [0.15, 0.2) is 0 Å². The molecule has 3 nitrogen and oxygen atoms in total. The molecule has 0 spiro atoms. The quantitative estimate of drug-likeness (QED) is 0.740. The molecule has 1 heterocycles. The number of hydrogen-bond donors (Lipinski definition) is 2. The van der Waals surface area contributed by atoms with Crippen LogP contribution < -0.4 is 5.73 Å². The highest BCUT2D eigenvalue weighted by atomic mass is 35.5. The molecule has 5 heteroatoms. The van der Waals surface area contributed by atoms with Crippen molar-refractivity contribution in [1.82, 2.24) is 4.37 Å². The van der Waals surface area contributed by atoms with Crippen molar-refractivity contribution in [3.8, 4) is 0 Å². The first-order valence-electron chi connectivity index (χ1n) is 3.16. The van der Waals surface area contributed by atoms with Gasteiger partial charge in [-0.2, -0.15) is 4.37 Å². The molecule has 2 unspecified atom stereocenters. The molecule has 0 aliphatic rings. The Labute approximate surface area is 74.0 Å². The van der Waals surface area contributed by atoms with E-state index in [1.807, 2.05) is 0 Å². The number of aliphatic hydroxyl groups is 1. The molecule has 0 saturated heterocycles. The van der Waals surface area contributed by atoms with Gasteiger partial charge in [0.2, 0.25) is 0 Å². The van der Waals surface area contributed by atoms with E-state index in [1.54, 1.807) is 6.92 Å². The molecule has 1 rings (SSSR count). The summed E-state index contributed by atoms with van der Waals surface area (Å²) in [5, 5.41) is 9.91. The molecule has 0 fully saturated rings. The third kappa shape index (κ3) is 1.90. The zero-order chi connectivity index (χ0) is 8.43. The summed E-state index contributed by atoms with van der Waals surface area (Å²) in [6, 6.07) is -0.312. The molecule has 0 aromatic carbocycles. The topological polar surface area (TPSA) is 59.1 Å². The molecule has 11 heavy (non-hydrogen) atoms. The molecular formula is C6H9ClN2OS. The lowest BCUT2D eigenvalue weighted by Gasteiger charge is -2.11. The molecule has 1 aromatic rings. The van der Waals surface area contributed by atoms with Crippen LogP contribution in [0.15, 0.2) is 6.20 Å². The highest BCUT2D eigenvalue weighted by Crippen LogP contribution is 2.27. The van der Waals surface area contributed by atoms with Gasteiger partial charge in [-0.1, -0.05) is 11.6 Å². The maximum absolute atomic E-state index is 9.43. The van der Waals surface area contributed by atoms with Crippen LogP contribution >= 0.6 is 23.1 Å². The Morgan fingerprint density at radius 1 is 1.82 bits per heavy atom. The minimum atomic E-state index is -0.699. The van der Waals surface area contributed by atoms with E-state index in [2.05, 4.69) is 4.37 Å². The smallest absolute Gasteiger partial charge is 0.106 e. The Bertz CT molecular complexity index is 238. The van der Waals surface area contributed by atoms with Crippen molar-refractivity contribution in [3.05, 3.63) is 16.1 Å². The van der Waals surface area contributed by atoms with Crippen molar-refractivity contribution in [2.45, 2.75) is 19.1 Å². The highest BCUT2D eigenvalue weighted by Gasteiger charge is 2.17. The summed E-state index contributed by atoms with van der Waals surface area (Å²) in [4.78, 5) is 0.640. The van der Waals surface area contributed by atoms with Crippen molar-refractivity contribution in [2.75, 3.05) is 0 Å². The molecule has 0 radical (unpaired) electrons. The third-order valence-corrected chi connectivity index (χ3v) is 2.60. The number of aliphatic hydroxyl groups excluding tert-OH is 1. The maximum Gasteiger partial charge on any atom is 0.106 e. The third-order valence-electron chi connectivity index (χ3n) is 1.32. The van der Waals surface area contributed by atoms with E-state index in [9.17, 15) is 5.11 Å². The molecule has 0 bridgehead atoms. The fraction of sp³-hybridized carbons (Fsp3) is 0.500. The van der Waals surface area contributed by atoms with Crippen LogP contribution in [0, 0.1) is 0 Å². The molecule has 0 saturated carbocycles. The van der Waals surface area contributed by atoms with E-state index in [1.165, 1.54) is 17.7 Å². The molecule has 0 aliphatic heterocycles. The average Bonchev–Trinajstić information content (AvgIpc) is 2.33. The molecular weight excluding hydrogens is 184 g/mol. The Hall–Kier alpha value is -0.160. The zero-order valence-electron chi connectivity index (χ0n) is 5.99. The number of hydrogen-bond acceptors (Lipinski definition) is 4. The van der Waals surface area contributed by atoms with E-state index < -0.39 is 6.10 Å². The Morgan fingerprint density at radius 3 is 2.82 bits per heavy atom. The van der Waals surface area contributed by atoms with Gasteiger partial charge in [-0.3, -0.25) is 0 Å².